The maximum Gasteiger partial charge on any atom is 0.261 e. The molecule has 0 unspecified atom stereocenters. The summed E-state index contributed by atoms with van der Waals surface area (Å²) in [5.74, 6) is -0.552. The zero-order valence-corrected chi connectivity index (χ0v) is 16.5. The number of rotatable bonds is 6. The lowest BCUT2D eigenvalue weighted by molar-refractivity contribution is -0.118. The van der Waals surface area contributed by atoms with Crippen molar-refractivity contribution in [2.24, 2.45) is 5.92 Å². The van der Waals surface area contributed by atoms with E-state index < -0.39 is 0 Å². The quantitative estimate of drug-likeness (QED) is 0.610. The Balaban J connectivity index is 1.57. The Morgan fingerprint density at radius 3 is 2.29 bits per heavy atom. The van der Waals surface area contributed by atoms with Crippen LogP contribution in [0.3, 0.4) is 0 Å². The monoisotopic (exact) mass is 396 g/mol. The largest absolute Gasteiger partial charge is 0.347 e. The van der Waals surface area contributed by atoms with Crippen molar-refractivity contribution >= 4 is 28.8 Å². The summed E-state index contributed by atoms with van der Waals surface area (Å²) < 4.78 is 13.0. The SMILES string of the molecule is CC(C)C(=O)Nc1ccc(CNC(=O)c2ccc(-c3ccc(F)cc3)s2)cc1. The van der Waals surface area contributed by atoms with Crippen LogP contribution >= 0.6 is 11.3 Å². The van der Waals surface area contributed by atoms with Gasteiger partial charge in [0.05, 0.1) is 4.88 Å². The second-order valence-electron chi connectivity index (χ2n) is 6.69. The van der Waals surface area contributed by atoms with Crippen LogP contribution in [0.2, 0.25) is 0 Å². The first kappa shape index (κ1) is 19.8. The molecule has 2 aromatic carbocycles. The molecule has 0 saturated carbocycles. The predicted octanol–water partition coefficient (Wildman–Crippen LogP) is 5.08. The smallest absolute Gasteiger partial charge is 0.261 e. The Morgan fingerprint density at radius 1 is 0.964 bits per heavy atom. The number of hydrogen-bond donors (Lipinski definition) is 2. The van der Waals surface area contributed by atoms with Gasteiger partial charge in [-0.25, -0.2) is 4.39 Å². The summed E-state index contributed by atoms with van der Waals surface area (Å²) in [7, 11) is 0. The van der Waals surface area contributed by atoms with Crippen molar-refractivity contribution < 1.29 is 14.0 Å². The second kappa shape index (κ2) is 8.80. The average molecular weight is 396 g/mol. The lowest BCUT2D eigenvalue weighted by Crippen LogP contribution is -2.21. The molecule has 0 bridgehead atoms. The third kappa shape index (κ3) is 5.04. The lowest BCUT2D eigenvalue weighted by Gasteiger charge is -2.09. The third-order valence-corrected chi connectivity index (χ3v) is 5.29. The van der Waals surface area contributed by atoms with E-state index >= 15 is 0 Å². The molecule has 6 heteroatoms. The van der Waals surface area contributed by atoms with Gasteiger partial charge in [0.1, 0.15) is 5.82 Å². The lowest BCUT2D eigenvalue weighted by atomic mass is 10.1. The van der Waals surface area contributed by atoms with Gasteiger partial charge in [-0.3, -0.25) is 9.59 Å². The summed E-state index contributed by atoms with van der Waals surface area (Å²) in [6.07, 6.45) is 0. The molecule has 3 aromatic rings. The minimum atomic E-state index is -0.284. The fraction of sp³-hybridized carbons (Fsp3) is 0.182. The van der Waals surface area contributed by atoms with E-state index in [0.717, 1.165) is 21.7 Å². The molecule has 0 saturated heterocycles. The van der Waals surface area contributed by atoms with Gasteiger partial charge >= 0.3 is 0 Å². The number of nitrogens with one attached hydrogen (secondary N) is 2. The average Bonchev–Trinajstić information content (AvgIpc) is 3.18. The summed E-state index contributed by atoms with van der Waals surface area (Å²) >= 11 is 1.37. The van der Waals surface area contributed by atoms with E-state index in [9.17, 15) is 14.0 Å². The molecule has 0 aliphatic rings. The number of carbonyl (C=O) groups excluding carboxylic acids is 2. The van der Waals surface area contributed by atoms with Gasteiger partial charge in [0, 0.05) is 23.0 Å². The van der Waals surface area contributed by atoms with Crippen molar-refractivity contribution in [3.05, 3.63) is 76.9 Å². The highest BCUT2D eigenvalue weighted by Gasteiger charge is 2.11. The van der Waals surface area contributed by atoms with Gasteiger partial charge in [-0.1, -0.05) is 38.1 Å². The molecule has 3 rings (SSSR count). The number of hydrogen-bond acceptors (Lipinski definition) is 3. The maximum atomic E-state index is 13.0. The number of anilines is 1. The standard InChI is InChI=1S/C22H21FN2O2S/c1-14(2)21(26)25-18-9-3-15(4-10-18)13-24-22(27)20-12-11-19(28-20)16-5-7-17(23)8-6-16/h3-12,14H,13H2,1-2H3,(H,24,27)(H,25,26). The second-order valence-corrected chi connectivity index (χ2v) is 7.78. The topological polar surface area (TPSA) is 58.2 Å². The van der Waals surface area contributed by atoms with Gasteiger partial charge in [0.25, 0.3) is 5.91 Å². The predicted molar refractivity (Wildman–Crippen MR) is 111 cm³/mol. The Morgan fingerprint density at radius 2 is 1.64 bits per heavy atom. The van der Waals surface area contributed by atoms with Gasteiger partial charge in [-0.2, -0.15) is 0 Å². The van der Waals surface area contributed by atoms with E-state index in [1.807, 2.05) is 44.2 Å². The molecular formula is C22H21FN2O2S. The molecule has 0 spiro atoms. The molecule has 0 aliphatic heterocycles. The van der Waals surface area contributed by atoms with Gasteiger partial charge in [-0.05, 0) is 47.5 Å². The first-order valence-electron chi connectivity index (χ1n) is 8.96. The summed E-state index contributed by atoms with van der Waals surface area (Å²) in [5, 5.41) is 5.72. The Hall–Kier alpha value is -2.99. The molecule has 1 aromatic heterocycles. The number of carbonyl (C=O) groups is 2. The highest BCUT2D eigenvalue weighted by Crippen LogP contribution is 2.28. The van der Waals surface area contributed by atoms with Crippen LogP contribution in [0.4, 0.5) is 10.1 Å². The van der Waals surface area contributed by atoms with Crippen LogP contribution in [0.5, 0.6) is 0 Å². The molecule has 0 radical (unpaired) electrons. The van der Waals surface area contributed by atoms with Crippen LogP contribution in [0.15, 0.2) is 60.7 Å². The van der Waals surface area contributed by atoms with Crippen LogP contribution in [-0.2, 0) is 11.3 Å². The van der Waals surface area contributed by atoms with Crippen LogP contribution in [0.1, 0.15) is 29.1 Å². The summed E-state index contributed by atoms with van der Waals surface area (Å²) in [6, 6.07) is 17.2. The van der Waals surface area contributed by atoms with Crippen molar-refractivity contribution in [2.75, 3.05) is 5.32 Å². The van der Waals surface area contributed by atoms with Crippen LogP contribution in [0.25, 0.3) is 10.4 Å². The molecule has 2 amide bonds. The molecule has 0 fully saturated rings. The fourth-order valence-electron chi connectivity index (χ4n) is 2.49. The van der Waals surface area contributed by atoms with Crippen molar-refractivity contribution in [3.63, 3.8) is 0 Å². The summed E-state index contributed by atoms with van der Waals surface area (Å²) in [5.41, 5.74) is 2.55. The van der Waals surface area contributed by atoms with Crippen molar-refractivity contribution in [3.8, 4) is 10.4 Å². The molecule has 1 heterocycles. The normalized spacial score (nSPS) is 10.7. The Bertz CT molecular complexity index is 963. The van der Waals surface area contributed by atoms with Crippen molar-refractivity contribution in [2.45, 2.75) is 20.4 Å². The number of halogens is 1. The summed E-state index contributed by atoms with van der Waals surface area (Å²) in [6.45, 7) is 4.07. The van der Waals surface area contributed by atoms with Crippen LogP contribution in [0, 0.1) is 11.7 Å². The minimum Gasteiger partial charge on any atom is -0.347 e. The Labute approximate surface area is 167 Å². The van der Waals surface area contributed by atoms with Crippen LogP contribution in [-0.4, -0.2) is 11.8 Å². The fourth-order valence-corrected chi connectivity index (χ4v) is 3.42. The van der Waals surface area contributed by atoms with Gasteiger partial charge < -0.3 is 10.6 Å². The van der Waals surface area contributed by atoms with E-state index in [0.29, 0.717) is 11.4 Å². The highest BCUT2D eigenvalue weighted by molar-refractivity contribution is 7.17. The molecule has 144 valence electrons. The molecule has 28 heavy (non-hydrogen) atoms. The van der Waals surface area contributed by atoms with Gasteiger partial charge in [0.15, 0.2) is 0 Å². The summed E-state index contributed by atoms with van der Waals surface area (Å²) in [4.78, 5) is 25.6. The zero-order valence-electron chi connectivity index (χ0n) is 15.7. The first-order valence-corrected chi connectivity index (χ1v) is 9.78. The van der Waals surface area contributed by atoms with Crippen molar-refractivity contribution in [1.29, 1.82) is 0 Å². The molecule has 2 N–H and O–H groups in total. The zero-order chi connectivity index (χ0) is 20.1. The van der Waals surface area contributed by atoms with E-state index in [1.165, 1.54) is 23.5 Å². The minimum absolute atomic E-state index is 0.0318. The molecule has 0 aliphatic carbocycles. The number of amides is 2. The maximum absolute atomic E-state index is 13.0. The van der Waals surface area contributed by atoms with E-state index in [4.69, 9.17) is 0 Å². The van der Waals surface area contributed by atoms with Gasteiger partial charge in [-0.15, -0.1) is 11.3 Å². The molecule has 0 atom stereocenters. The third-order valence-electron chi connectivity index (χ3n) is 4.16. The number of thiophene rings is 1. The Kier molecular flexibility index (Phi) is 6.21. The first-order chi connectivity index (χ1) is 13.4. The van der Waals surface area contributed by atoms with Gasteiger partial charge in [0.2, 0.25) is 5.91 Å². The van der Waals surface area contributed by atoms with E-state index in [1.54, 1.807) is 18.2 Å². The van der Waals surface area contributed by atoms with E-state index in [-0.39, 0.29) is 23.5 Å². The molecule has 4 nitrogen and oxygen atoms in total. The number of benzene rings is 2. The molecular weight excluding hydrogens is 375 g/mol. The van der Waals surface area contributed by atoms with Crippen molar-refractivity contribution in [1.82, 2.24) is 5.32 Å². The van der Waals surface area contributed by atoms with Crippen LogP contribution < -0.4 is 10.6 Å². The highest BCUT2D eigenvalue weighted by atomic mass is 32.1. The van der Waals surface area contributed by atoms with E-state index in [2.05, 4.69) is 10.6 Å².